The van der Waals surface area contributed by atoms with Crippen molar-refractivity contribution >= 4 is 17.2 Å². The number of nitrogens with zero attached hydrogens (tertiary/aromatic N) is 4. The van der Waals surface area contributed by atoms with Gasteiger partial charge in [-0.25, -0.2) is 4.85 Å². The van der Waals surface area contributed by atoms with E-state index in [2.05, 4.69) is 25.3 Å². The van der Waals surface area contributed by atoms with E-state index in [0.717, 1.165) is 11.1 Å². The van der Waals surface area contributed by atoms with Crippen LogP contribution in [0.25, 0.3) is 16.0 Å². The minimum Gasteiger partial charge on any atom is -0.505 e. The smallest absolute Gasteiger partial charge is 0.255 e. The van der Waals surface area contributed by atoms with Gasteiger partial charge in [0.25, 0.3) is 5.69 Å². The lowest BCUT2D eigenvalue weighted by Crippen LogP contribution is -2.11. The summed E-state index contributed by atoms with van der Waals surface area (Å²) in [5.74, 6) is 0.267. The average Bonchev–Trinajstić information content (AvgIpc) is 3.06. The summed E-state index contributed by atoms with van der Waals surface area (Å²) in [6.07, 6.45) is 0. The van der Waals surface area contributed by atoms with E-state index in [4.69, 9.17) is 6.57 Å². The fourth-order valence-corrected chi connectivity index (χ4v) is 2.80. The SMILES string of the molecule is [C-]#[N+]c1c(N=Nc2cc(C)cc(-c3ccccc3)c2O)n[nH]c1C(C)(C)C. The van der Waals surface area contributed by atoms with Crippen molar-refractivity contribution in [1.82, 2.24) is 10.2 Å². The zero-order valence-electron chi connectivity index (χ0n) is 15.8. The molecule has 3 aromatic rings. The van der Waals surface area contributed by atoms with E-state index in [1.54, 1.807) is 6.07 Å². The molecule has 0 saturated heterocycles. The van der Waals surface area contributed by atoms with Crippen LogP contribution in [0, 0.1) is 13.5 Å². The summed E-state index contributed by atoms with van der Waals surface area (Å²) in [5, 5.41) is 26.0. The van der Waals surface area contributed by atoms with E-state index in [1.165, 1.54) is 0 Å². The highest BCUT2D eigenvalue weighted by atomic mass is 16.3. The van der Waals surface area contributed by atoms with Gasteiger partial charge in [-0.1, -0.05) is 51.1 Å². The zero-order valence-corrected chi connectivity index (χ0v) is 15.8. The lowest BCUT2D eigenvalue weighted by Gasteiger charge is -2.16. The van der Waals surface area contributed by atoms with Crippen LogP contribution in [-0.2, 0) is 5.41 Å². The number of aromatic nitrogens is 2. The van der Waals surface area contributed by atoms with Crippen LogP contribution in [0.15, 0.2) is 52.7 Å². The lowest BCUT2D eigenvalue weighted by molar-refractivity contribution is 0.478. The maximum Gasteiger partial charge on any atom is 0.255 e. The van der Waals surface area contributed by atoms with Gasteiger partial charge in [-0.15, -0.1) is 10.2 Å². The maximum atomic E-state index is 10.7. The van der Waals surface area contributed by atoms with E-state index in [0.29, 0.717) is 22.6 Å². The van der Waals surface area contributed by atoms with Gasteiger partial charge < -0.3 is 5.11 Å². The predicted octanol–water partition coefficient (Wildman–Crippen LogP) is 6.35. The molecule has 0 aliphatic rings. The number of aryl methyl sites for hydroxylation is 1. The molecule has 0 saturated carbocycles. The van der Waals surface area contributed by atoms with Crippen molar-refractivity contribution in [3.05, 3.63) is 65.1 Å². The van der Waals surface area contributed by atoms with Crippen LogP contribution in [0.3, 0.4) is 0 Å². The monoisotopic (exact) mass is 359 g/mol. The van der Waals surface area contributed by atoms with E-state index in [9.17, 15) is 5.11 Å². The van der Waals surface area contributed by atoms with E-state index < -0.39 is 0 Å². The van der Waals surface area contributed by atoms with E-state index in [1.807, 2.05) is 64.1 Å². The number of hydrogen-bond donors (Lipinski definition) is 2. The van der Waals surface area contributed by atoms with Crippen molar-refractivity contribution < 1.29 is 5.11 Å². The number of nitrogens with one attached hydrogen (secondary N) is 1. The van der Waals surface area contributed by atoms with Gasteiger partial charge in [-0.05, 0) is 35.6 Å². The Bertz CT molecular complexity index is 1040. The van der Waals surface area contributed by atoms with Gasteiger partial charge in [0, 0.05) is 11.3 Å². The van der Waals surface area contributed by atoms with E-state index in [-0.39, 0.29) is 17.0 Å². The fourth-order valence-electron chi connectivity index (χ4n) is 2.80. The van der Waals surface area contributed by atoms with Gasteiger partial charge in [0.1, 0.15) is 5.69 Å². The minimum absolute atomic E-state index is 0.0477. The number of phenols is 1. The standard InChI is InChI=1S/C21H21N5O/c1-13-11-15(14-9-7-6-8-10-14)18(27)16(12-13)23-25-20-17(22-5)19(24-26-20)21(2,3)4/h6-12,27H,1-4H3,(H,24,26). The number of H-pyrrole nitrogens is 1. The minimum atomic E-state index is -0.257. The Hall–Kier alpha value is -3.46. The van der Waals surface area contributed by atoms with Crippen LogP contribution < -0.4 is 0 Å². The number of benzene rings is 2. The third-order valence-corrected chi connectivity index (χ3v) is 4.16. The largest absolute Gasteiger partial charge is 0.505 e. The quantitative estimate of drug-likeness (QED) is 0.422. The first-order valence-corrected chi connectivity index (χ1v) is 8.58. The molecule has 6 heteroatoms. The molecule has 0 radical (unpaired) electrons. The average molecular weight is 359 g/mol. The van der Waals surface area contributed by atoms with Crippen molar-refractivity contribution in [2.45, 2.75) is 33.1 Å². The number of azo groups is 1. The number of aromatic amines is 1. The zero-order chi connectivity index (χ0) is 19.6. The topological polar surface area (TPSA) is 78.0 Å². The van der Waals surface area contributed by atoms with E-state index >= 15 is 0 Å². The summed E-state index contributed by atoms with van der Waals surface area (Å²) < 4.78 is 0. The third-order valence-electron chi connectivity index (χ3n) is 4.16. The Kier molecular flexibility index (Phi) is 4.78. The molecule has 136 valence electrons. The molecule has 27 heavy (non-hydrogen) atoms. The molecule has 3 rings (SSSR count). The third kappa shape index (κ3) is 3.72. The Labute approximate surface area is 158 Å². The first-order chi connectivity index (χ1) is 12.8. The van der Waals surface area contributed by atoms with Crippen molar-refractivity contribution in [3.63, 3.8) is 0 Å². The molecule has 0 amide bonds. The molecule has 0 unspecified atom stereocenters. The van der Waals surface area contributed by atoms with Crippen molar-refractivity contribution in [1.29, 1.82) is 0 Å². The predicted molar refractivity (Wildman–Crippen MR) is 106 cm³/mol. The molecular formula is C21H21N5O. The van der Waals surface area contributed by atoms with Gasteiger partial charge in [0.05, 0.1) is 6.57 Å². The van der Waals surface area contributed by atoms with Gasteiger partial charge in [-0.2, -0.15) is 5.10 Å². The number of aromatic hydroxyl groups is 1. The normalized spacial score (nSPS) is 11.7. The molecule has 0 spiro atoms. The Morgan fingerprint density at radius 3 is 2.44 bits per heavy atom. The van der Waals surface area contributed by atoms with Crippen molar-refractivity contribution in [2.75, 3.05) is 0 Å². The summed E-state index contributed by atoms with van der Waals surface area (Å²) >= 11 is 0. The van der Waals surface area contributed by atoms with Crippen LogP contribution in [-0.4, -0.2) is 15.3 Å². The highest BCUT2D eigenvalue weighted by Gasteiger charge is 2.24. The van der Waals surface area contributed by atoms with Gasteiger partial charge in [0.15, 0.2) is 5.75 Å². The molecule has 2 N–H and O–H groups in total. The fraction of sp³-hybridized carbons (Fsp3) is 0.238. The molecule has 0 atom stereocenters. The Morgan fingerprint density at radius 2 is 1.81 bits per heavy atom. The summed E-state index contributed by atoms with van der Waals surface area (Å²) in [6, 6.07) is 13.3. The second-order valence-corrected chi connectivity index (χ2v) is 7.38. The molecule has 1 heterocycles. The molecule has 0 aliphatic carbocycles. The van der Waals surface area contributed by atoms with Crippen LogP contribution >= 0.6 is 0 Å². The van der Waals surface area contributed by atoms with Gasteiger partial charge in [-0.3, -0.25) is 5.10 Å². The molecule has 1 aromatic heterocycles. The molecule has 6 nitrogen and oxygen atoms in total. The van der Waals surface area contributed by atoms with Crippen LogP contribution in [0.4, 0.5) is 17.2 Å². The van der Waals surface area contributed by atoms with Crippen LogP contribution in [0.1, 0.15) is 32.0 Å². The van der Waals surface area contributed by atoms with Crippen LogP contribution in [0.5, 0.6) is 5.75 Å². The van der Waals surface area contributed by atoms with Crippen molar-refractivity contribution in [2.24, 2.45) is 10.2 Å². The summed E-state index contributed by atoms with van der Waals surface area (Å²) in [4.78, 5) is 3.55. The molecular weight excluding hydrogens is 338 g/mol. The summed E-state index contributed by atoms with van der Waals surface area (Å²) in [6.45, 7) is 15.4. The van der Waals surface area contributed by atoms with Crippen LogP contribution in [0.2, 0.25) is 0 Å². The molecule has 2 aromatic carbocycles. The first kappa shape index (κ1) is 18.3. The molecule has 0 aliphatic heterocycles. The van der Waals surface area contributed by atoms with Gasteiger partial charge in [0.2, 0.25) is 5.82 Å². The Morgan fingerprint density at radius 1 is 1.11 bits per heavy atom. The second kappa shape index (κ2) is 7.04. The lowest BCUT2D eigenvalue weighted by atomic mass is 9.91. The Balaban J connectivity index is 2.04. The summed E-state index contributed by atoms with van der Waals surface area (Å²) in [5.41, 5.74) is 3.67. The maximum absolute atomic E-state index is 10.7. The summed E-state index contributed by atoms with van der Waals surface area (Å²) in [7, 11) is 0. The first-order valence-electron chi connectivity index (χ1n) is 8.58. The molecule has 0 fully saturated rings. The number of hydrogen-bond acceptors (Lipinski definition) is 4. The van der Waals surface area contributed by atoms with Crippen molar-refractivity contribution in [3.8, 4) is 16.9 Å². The highest BCUT2D eigenvalue weighted by molar-refractivity contribution is 5.77. The number of phenolic OH excluding ortho intramolecular Hbond substituents is 1. The second-order valence-electron chi connectivity index (χ2n) is 7.38. The molecule has 0 bridgehead atoms. The number of rotatable bonds is 3. The van der Waals surface area contributed by atoms with Gasteiger partial charge >= 0.3 is 0 Å². The highest BCUT2D eigenvalue weighted by Crippen LogP contribution is 2.41.